The number of methoxy groups -OCH3 is 1. The summed E-state index contributed by atoms with van der Waals surface area (Å²) < 4.78 is 6.01. The number of likely N-dealkylation sites (tertiary alicyclic amines) is 1. The molecule has 1 saturated heterocycles. The predicted octanol–water partition coefficient (Wildman–Crippen LogP) is 1.86. The van der Waals surface area contributed by atoms with E-state index in [9.17, 15) is 9.59 Å². The molecule has 0 aromatic heterocycles. The molecule has 6 heteroatoms. The smallest absolute Gasteiger partial charge is 0.254 e. The zero-order valence-corrected chi connectivity index (χ0v) is 13.8. The lowest BCUT2D eigenvalue weighted by molar-refractivity contribution is -0.130. The van der Waals surface area contributed by atoms with Gasteiger partial charge in [0.05, 0.1) is 6.61 Å². The van der Waals surface area contributed by atoms with Crippen LogP contribution < -0.4 is 5.73 Å². The number of primary amides is 1. The number of nitrogens with zero attached hydrogens (tertiary/aromatic N) is 1. The van der Waals surface area contributed by atoms with Gasteiger partial charge in [0.15, 0.2) is 0 Å². The minimum absolute atomic E-state index is 0.126. The van der Waals surface area contributed by atoms with Gasteiger partial charge >= 0.3 is 0 Å². The summed E-state index contributed by atoms with van der Waals surface area (Å²) in [6.07, 6.45) is 1.28. The van der Waals surface area contributed by atoms with Crippen molar-refractivity contribution in [2.75, 3.05) is 20.3 Å². The van der Waals surface area contributed by atoms with E-state index >= 15 is 0 Å². The Hall–Kier alpha value is -1.40. The molecule has 0 saturated carbocycles. The van der Waals surface area contributed by atoms with Crippen LogP contribution in [0.3, 0.4) is 0 Å². The van der Waals surface area contributed by atoms with Crippen molar-refractivity contribution < 1.29 is 14.3 Å². The predicted molar refractivity (Wildman–Crippen MR) is 83.0 cm³/mol. The summed E-state index contributed by atoms with van der Waals surface area (Å²) in [4.78, 5) is 26.2. The number of carbonyl (C=O) groups excluding carboxylic acids is 2. The second kappa shape index (κ2) is 6.15. The molecule has 2 rings (SSSR count). The molecule has 2 N–H and O–H groups in total. The number of halogens is 1. The molecule has 0 bridgehead atoms. The Labute approximate surface area is 132 Å². The lowest BCUT2D eigenvalue weighted by Gasteiger charge is -2.35. The number of hydrogen-bond donors (Lipinski definition) is 1. The van der Waals surface area contributed by atoms with Crippen molar-refractivity contribution in [2.45, 2.75) is 25.3 Å². The van der Waals surface area contributed by atoms with Crippen molar-refractivity contribution in [3.63, 3.8) is 0 Å². The second-order valence-electron chi connectivity index (χ2n) is 5.35. The van der Waals surface area contributed by atoms with Crippen molar-refractivity contribution in [3.05, 3.63) is 33.8 Å². The van der Waals surface area contributed by atoms with E-state index < -0.39 is 11.4 Å². The van der Waals surface area contributed by atoms with Crippen LogP contribution in [0.4, 0.5) is 0 Å². The molecule has 1 unspecified atom stereocenters. The number of carbonyl (C=O) groups is 2. The molecule has 1 aliphatic rings. The number of aryl methyl sites for hydroxylation is 1. The largest absolute Gasteiger partial charge is 0.382 e. The Morgan fingerprint density at radius 1 is 1.48 bits per heavy atom. The van der Waals surface area contributed by atoms with E-state index in [1.54, 1.807) is 17.0 Å². The van der Waals surface area contributed by atoms with E-state index in [2.05, 4.69) is 15.9 Å². The average molecular weight is 355 g/mol. The summed E-state index contributed by atoms with van der Waals surface area (Å²) in [5.74, 6) is -0.703. The Kier molecular flexibility index (Phi) is 4.68. The van der Waals surface area contributed by atoms with Crippen LogP contribution in [-0.4, -0.2) is 42.5 Å². The third-order valence-electron chi connectivity index (χ3n) is 3.99. The molecule has 1 aromatic carbocycles. The SMILES string of the molecule is COCC1(C(N)=O)CCCN1C(=O)c1ccc(C)c(Br)c1. The normalized spacial score (nSPS) is 21.6. The summed E-state index contributed by atoms with van der Waals surface area (Å²) in [5.41, 5.74) is 6.10. The first-order valence-corrected chi connectivity index (χ1v) is 7.58. The maximum Gasteiger partial charge on any atom is 0.254 e. The maximum absolute atomic E-state index is 12.7. The zero-order chi connectivity index (χ0) is 15.6. The quantitative estimate of drug-likeness (QED) is 0.896. The lowest BCUT2D eigenvalue weighted by atomic mass is 9.95. The van der Waals surface area contributed by atoms with E-state index in [0.29, 0.717) is 18.5 Å². The summed E-state index contributed by atoms with van der Waals surface area (Å²) >= 11 is 3.42. The van der Waals surface area contributed by atoms with E-state index in [-0.39, 0.29) is 12.5 Å². The van der Waals surface area contributed by atoms with Gasteiger partial charge < -0.3 is 15.4 Å². The van der Waals surface area contributed by atoms with Gasteiger partial charge in [-0.05, 0) is 37.5 Å². The van der Waals surface area contributed by atoms with Crippen LogP contribution in [0.25, 0.3) is 0 Å². The first kappa shape index (κ1) is 16.0. The minimum Gasteiger partial charge on any atom is -0.382 e. The molecule has 1 atom stereocenters. The number of amides is 2. The fourth-order valence-electron chi connectivity index (χ4n) is 2.77. The standard InChI is InChI=1S/C15H19BrN2O3/c1-10-4-5-11(8-12(10)16)13(19)18-7-3-6-15(18,9-21-2)14(17)20/h4-5,8H,3,6-7,9H2,1-2H3,(H2,17,20). The van der Waals surface area contributed by atoms with Gasteiger partial charge in [0.1, 0.15) is 5.54 Å². The number of ether oxygens (including phenoxy) is 1. The van der Waals surface area contributed by atoms with Crippen molar-refractivity contribution in [3.8, 4) is 0 Å². The summed E-state index contributed by atoms with van der Waals surface area (Å²) in [5, 5.41) is 0. The van der Waals surface area contributed by atoms with Crippen molar-refractivity contribution >= 4 is 27.7 Å². The van der Waals surface area contributed by atoms with Gasteiger partial charge in [-0.3, -0.25) is 9.59 Å². The molecular formula is C15H19BrN2O3. The summed E-state index contributed by atoms with van der Waals surface area (Å²) in [6.45, 7) is 2.59. The molecule has 1 aromatic rings. The Bertz CT molecular complexity index is 576. The fraction of sp³-hybridized carbons (Fsp3) is 0.467. The molecule has 0 aliphatic carbocycles. The number of benzene rings is 1. The van der Waals surface area contributed by atoms with Gasteiger partial charge in [-0.25, -0.2) is 0 Å². The Morgan fingerprint density at radius 3 is 2.76 bits per heavy atom. The Balaban J connectivity index is 2.36. The molecular weight excluding hydrogens is 336 g/mol. The molecule has 2 amide bonds. The molecule has 5 nitrogen and oxygen atoms in total. The first-order valence-electron chi connectivity index (χ1n) is 6.79. The van der Waals surface area contributed by atoms with Crippen LogP contribution in [0.2, 0.25) is 0 Å². The van der Waals surface area contributed by atoms with Gasteiger partial charge in [-0.1, -0.05) is 22.0 Å². The van der Waals surface area contributed by atoms with Crippen LogP contribution in [0, 0.1) is 6.92 Å². The molecule has 0 spiro atoms. The van der Waals surface area contributed by atoms with Crippen LogP contribution >= 0.6 is 15.9 Å². The minimum atomic E-state index is -1.04. The third-order valence-corrected chi connectivity index (χ3v) is 4.85. The second-order valence-corrected chi connectivity index (χ2v) is 6.21. The van der Waals surface area contributed by atoms with Gasteiger partial charge in [-0.2, -0.15) is 0 Å². The van der Waals surface area contributed by atoms with Crippen molar-refractivity contribution in [1.29, 1.82) is 0 Å². The van der Waals surface area contributed by atoms with E-state index in [1.807, 2.05) is 13.0 Å². The lowest BCUT2D eigenvalue weighted by Crippen LogP contribution is -2.58. The molecule has 114 valence electrons. The van der Waals surface area contributed by atoms with E-state index in [0.717, 1.165) is 16.5 Å². The van der Waals surface area contributed by atoms with Gasteiger partial charge in [0.2, 0.25) is 5.91 Å². The van der Waals surface area contributed by atoms with Gasteiger partial charge in [-0.15, -0.1) is 0 Å². The van der Waals surface area contributed by atoms with Crippen molar-refractivity contribution in [2.24, 2.45) is 5.73 Å². The van der Waals surface area contributed by atoms with Crippen LogP contribution in [0.5, 0.6) is 0 Å². The van der Waals surface area contributed by atoms with Gasteiger partial charge in [0.25, 0.3) is 5.91 Å². The highest BCUT2D eigenvalue weighted by Gasteiger charge is 2.48. The van der Waals surface area contributed by atoms with Crippen LogP contribution in [-0.2, 0) is 9.53 Å². The highest BCUT2D eigenvalue weighted by Crippen LogP contribution is 2.31. The topological polar surface area (TPSA) is 72.6 Å². The highest BCUT2D eigenvalue weighted by molar-refractivity contribution is 9.10. The first-order chi connectivity index (χ1) is 9.92. The monoisotopic (exact) mass is 354 g/mol. The van der Waals surface area contributed by atoms with Crippen LogP contribution in [0.1, 0.15) is 28.8 Å². The number of nitrogens with two attached hydrogens (primary N) is 1. The van der Waals surface area contributed by atoms with E-state index in [4.69, 9.17) is 10.5 Å². The fourth-order valence-corrected chi connectivity index (χ4v) is 3.15. The molecule has 1 aliphatic heterocycles. The van der Waals surface area contributed by atoms with E-state index in [1.165, 1.54) is 7.11 Å². The van der Waals surface area contributed by atoms with Crippen molar-refractivity contribution in [1.82, 2.24) is 4.90 Å². The molecule has 0 radical (unpaired) electrons. The number of rotatable bonds is 4. The third kappa shape index (κ3) is 2.82. The van der Waals surface area contributed by atoms with Crippen LogP contribution in [0.15, 0.2) is 22.7 Å². The molecule has 21 heavy (non-hydrogen) atoms. The summed E-state index contributed by atoms with van der Waals surface area (Å²) in [7, 11) is 1.51. The average Bonchev–Trinajstić information content (AvgIpc) is 2.86. The number of hydrogen-bond acceptors (Lipinski definition) is 3. The highest BCUT2D eigenvalue weighted by atomic mass is 79.9. The Morgan fingerprint density at radius 2 is 2.19 bits per heavy atom. The molecule has 1 heterocycles. The summed E-state index contributed by atoms with van der Waals surface area (Å²) in [6, 6.07) is 5.41. The maximum atomic E-state index is 12.7. The zero-order valence-electron chi connectivity index (χ0n) is 12.2. The molecule has 1 fully saturated rings. The van der Waals surface area contributed by atoms with Gasteiger partial charge in [0, 0.05) is 23.7 Å².